The molecule has 1 fully saturated rings. The normalized spacial score (nSPS) is 24.6. The van der Waals surface area contributed by atoms with Gasteiger partial charge in [0.1, 0.15) is 0 Å². The summed E-state index contributed by atoms with van der Waals surface area (Å²) in [5.74, 6) is -0.944. The van der Waals surface area contributed by atoms with Crippen LogP contribution in [0.2, 0.25) is 0 Å². The predicted molar refractivity (Wildman–Crippen MR) is 62.4 cm³/mol. The van der Waals surface area contributed by atoms with Crippen LogP contribution in [-0.4, -0.2) is 24.3 Å². The van der Waals surface area contributed by atoms with Crippen molar-refractivity contribution in [3.05, 3.63) is 33.8 Å². The molecule has 86 valence electrons. The molecule has 0 spiro atoms. The van der Waals surface area contributed by atoms with Crippen molar-refractivity contribution in [2.24, 2.45) is 5.73 Å². The first kappa shape index (κ1) is 11.6. The van der Waals surface area contributed by atoms with Crippen LogP contribution in [0.1, 0.15) is 22.3 Å². The number of rotatable bonds is 2. The average Bonchev–Trinajstić information content (AvgIpc) is 2.65. The minimum Gasteiger partial charge on any atom is -0.478 e. The maximum atomic E-state index is 10.8. The van der Waals surface area contributed by atoms with Gasteiger partial charge in [0.2, 0.25) is 0 Å². The molecule has 1 saturated heterocycles. The molecule has 0 bridgehead atoms. The van der Waals surface area contributed by atoms with Gasteiger partial charge in [0, 0.05) is 11.1 Å². The van der Waals surface area contributed by atoms with Crippen molar-refractivity contribution in [1.82, 2.24) is 0 Å². The molecule has 1 aromatic rings. The number of carbonyl (C=O) groups is 1. The summed E-state index contributed by atoms with van der Waals surface area (Å²) >= 11 is 3.36. The molecule has 1 unspecified atom stereocenters. The Balaban J connectivity index is 2.39. The van der Waals surface area contributed by atoms with Gasteiger partial charge in [-0.25, -0.2) is 4.79 Å². The number of hydrogen-bond donors (Lipinski definition) is 2. The second kappa shape index (κ2) is 4.16. The molecule has 5 heteroatoms. The highest BCUT2D eigenvalue weighted by Gasteiger charge is 2.34. The van der Waals surface area contributed by atoms with Crippen LogP contribution in [0.4, 0.5) is 0 Å². The van der Waals surface area contributed by atoms with Gasteiger partial charge >= 0.3 is 5.97 Å². The van der Waals surface area contributed by atoms with Gasteiger partial charge in [-0.15, -0.1) is 0 Å². The predicted octanol–water partition coefficient (Wildman–Crippen LogP) is 1.72. The zero-order chi connectivity index (χ0) is 11.8. The summed E-state index contributed by atoms with van der Waals surface area (Å²) in [7, 11) is 0. The number of carboxylic acid groups (broad SMARTS) is 1. The van der Waals surface area contributed by atoms with Crippen molar-refractivity contribution >= 4 is 21.9 Å². The second-order valence-electron chi connectivity index (χ2n) is 3.96. The van der Waals surface area contributed by atoms with E-state index in [9.17, 15) is 4.79 Å². The minimum atomic E-state index is -0.944. The molecule has 0 aromatic heterocycles. The molecule has 1 aliphatic rings. The highest BCUT2D eigenvalue weighted by atomic mass is 79.9. The Hall–Kier alpha value is -0.910. The summed E-state index contributed by atoms with van der Waals surface area (Å²) in [6.45, 7) is 1.11. The molecule has 0 saturated carbocycles. The molecule has 1 aliphatic heterocycles. The summed E-state index contributed by atoms with van der Waals surface area (Å²) in [4.78, 5) is 10.8. The second-order valence-corrected chi connectivity index (χ2v) is 4.81. The monoisotopic (exact) mass is 285 g/mol. The Bertz CT molecular complexity index is 427. The van der Waals surface area contributed by atoms with Crippen LogP contribution in [-0.2, 0) is 10.3 Å². The van der Waals surface area contributed by atoms with Gasteiger partial charge in [0.05, 0.1) is 17.7 Å². The molecular weight excluding hydrogens is 274 g/mol. The fourth-order valence-corrected chi connectivity index (χ4v) is 2.62. The maximum absolute atomic E-state index is 10.8. The van der Waals surface area contributed by atoms with Crippen LogP contribution in [0.5, 0.6) is 0 Å². The number of hydrogen-bond acceptors (Lipinski definition) is 3. The molecule has 1 heterocycles. The molecule has 0 radical (unpaired) electrons. The zero-order valence-corrected chi connectivity index (χ0v) is 10.2. The van der Waals surface area contributed by atoms with E-state index in [-0.39, 0.29) is 5.56 Å². The summed E-state index contributed by atoms with van der Waals surface area (Å²) in [6, 6.07) is 4.89. The Labute approximate surface area is 102 Å². The minimum absolute atomic E-state index is 0.248. The van der Waals surface area contributed by atoms with Crippen LogP contribution in [0.25, 0.3) is 0 Å². The van der Waals surface area contributed by atoms with Gasteiger partial charge in [-0.2, -0.15) is 0 Å². The number of aromatic carboxylic acids is 1. The van der Waals surface area contributed by atoms with Gasteiger partial charge in [-0.05, 0) is 24.1 Å². The SMILES string of the molecule is NC1(c2ccc(C(=O)O)cc2Br)CCOC1. The fourth-order valence-electron chi connectivity index (χ4n) is 1.85. The lowest BCUT2D eigenvalue weighted by Crippen LogP contribution is -2.37. The Morgan fingerprint density at radius 3 is 2.81 bits per heavy atom. The quantitative estimate of drug-likeness (QED) is 0.868. The number of benzene rings is 1. The standard InChI is InChI=1S/C11H12BrNO3/c12-9-5-7(10(14)15)1-2-8(9)11(13)3-4-16-6-11/h1-2,5H,3-4,6,13H2,(H,14,15). The van der Waals surface area contributed by atoms with Crippen LogP contribution < -0.4 is 5.73 Å². The first-order chi connectivity index (χ1) is 7.53. The van der Waals surface area contributed by atoms with Crippen LogP contribution >= 0.6 is 15.9 Å². The molecule has 0 amide bonds. The van der Waals surface area contributed by atoms with Crippen molar-refractivity contribution < 1.29 is 14.6 Å². The van der Waals surface area contributed by atoms with Crippen molar-refractivity contribution in [2.75, 3.05) is 13.2 Å². The summed E-state index contributed by atoms with van der Waals surface area (Å²) < 4.78 is 6.01. The third-order valence-electron chi connectivity index (χ3n) is 2.80. The van der Waals surface area contributed by atoms with E-state index in [0.29, 0.717) is 13.2 Å². The zero-order valence-electron chi connectivity index (χ0n) is 8.57. The lowest BCUT2D eigenvalue weighted by Gasteiger charge is -2.23. The molecule has 3 N–H and O–H groups in total. The number of ether oxygens (including phenoxy) is 1. The summed E-state index contributed by atoms with van der Waals surface area (Å²) in [5, 5.41) is 8.85. The van der Waals surface area contributed by atoms with Crippen molar-refractivity contribution in [1.29, 1.82) is 0 Å². The molecule has 2 rings (SSSR count). The number of carboxylic acids is 1. The van der Waals surface area contributed by atoms with Gasteiger partial charge in [-0.1, -0.05) is 22.0 Å². The van der Waals surface area contributed by atoms with E-state index in [0.717, 1.165) is 16.5 Å². The first-order valence-corrected chi connectivity index (χ1v) is 5.72. The van der Waals surface area contributed by atoms with Crippen LogP contribution in [0.15, 0.2) is 22.7 Å². The highest BCUT2D eigenvalue weighted by Crippen LogP contribution is 2.33. The third-order valence-corrected chi connectivity index (χ3v) is 3.46. The topological polar surface area (TPSA) is 72.6 Å². The Morgan fingerprint density at radius 2 is 2.31 bits per heavy atom. The smallest absolute Gasteiger partial charge is 0.335 e. The van der Waals surface area contributed by atoms with Crippen molar-refractivity contribution in [3.63, 3.8) is 0 Å². The molecule has 1 aromatic carbocycles. The Morgan fingerprint density at radius 1 is 1.56 bits per heavy atom. The maximum Gasteiger partial charge on any atom is 0.335 e. The number of halogens is 1. The van der Waals surface area contributed by atoms with E-state index in [4.69, 9.17) is 15.6 Å². The largest absolute Gasteiger partial charge is 0.478 e. The van der Waals surface area contributed by atoms with E-state index in [1.54, 1.807) is 18.2 Å². The molecule has 1 atom stereocenters. The highest BCUT2D eigenvalue weighted by molar-refractivity contribution is 9.10. The lowest BCUT2D eigenvalue weighted by atomic mass is 9.90. The van der Waals surface area contributed by atoms with E-state index in [2.05, 4.69) is 15.9 Å². The third kappa shape index (κ3) is 1.98. The van der Waals surface area contributed by atoms with Crippen molar-refractivity contribution in [2.45, 2.75) is 12.0 Å². The molecule has 4 nitrogen and oxygen atoms in total. The van der Waals surface area contributed by atoms with Gasteiger partial charge in [0.25, 0.3) is 0 Å². The molecule has 16 heavy (non-hydrogen) atoms. The van der Waals surface area contributed by atoms with E-state index < -0.39 is 11.5 Å². The van der Waals surface area contributed by atoms with Crippen LogP contribution in [0.3, 0.4) is 0 Å². The van der Waals surface area contributed by atoms with Crippen molar-refractivity contribution in [3.8, 4) is 0 Å². The van der Waals surface area contributed by atoms with Gasteiger partial charge < -0.3 is 15.6 Å². The van der Waals surface area contributed by atoms with Crippen LogP contribution in [0, 0.1) is 0 Å². The number of nitrogens with two attached hydrogens (primary N) is 1. The summed E-state index contributed by atoms with van der Waals surface area (Å²) in [5.41, 5.74) is 6.85. The first-order valence-electron chi connectivity index (χ1n) is 4.93. The fraction of sp³-hybridized carbons (Fsp3) is 0.364. The summed E-state index contributed by atoms with van der Waals surface area (Å²) in [6.07, 6.45) is 0.748. The average molecular weight is 286 g/mol. The Kier molecular flexibility index (Phi) is 3.01. The van der Waals surface area contributed by atoms with Gasteiger partial charge in [0.15, 0.2) is 0 Å². The molecular formula is C11H12BrNO3. The lowest BCUT2D eigenvalue weighted by molar-refractivity contribution is 0.0696. The van der Waals surface area contributed by atoms with Gasteiger partial charge in [-0.3, -0.25) is 0 Å². The van der Waals surface area contributed by atoms with E-state index in [1.807, 2.05) is 0 Å². The van der Waals surface area contributed by atoms with E-state index in [1.165, 1.54) is 0 Å². The van der Waals surface area contributed by atoms with E-state index >= 15 is 0 Å². The molecule has 0 aliphatic carbocycles.